The molecule has 3 N–H and O–H groups in total. The summed E-state index contributed by atoms with van der Waals surface area (Å²) < 4.78 is 108. The first kappa shape index (κ1) is 73.0. The number of para-hydroxylation sites is 1. The van der Waals surface area contributed by atoms with E-state index in [9.17, 15) is 19.2 Å². The lowest BCUT2D eigenvalue weighted by Crippen LogP contribution is -2.66. The van der Waals surface area contributed by atoms with Crippen molar-refractivity contribution in [3.8, 4) is 17.2 Å². The van der Waals surface area contributed by atoms with Gasteiger partial charge >= 0.3 is 17.9 Å². The number of benzene rings is 4. The lowest BCUT2D eigenvalue weighted by Gasteiger charge is -2.44. The number of Topliss-reactive ketones (excluding diaryl/α,β-unsaturated/α-hetero) is 1. The quantitative estimate of drug-likeness (QED) is 0.0129. The average molecular weight is 1340 g/mol. The molecule has 28 heteroatoms. The van der Waals surface area contributed by atoms with Gasteiger partial charge in [0, 0.05) is 45.9 Å². The number of methoxy groups -OCH3 is 2. The van der Waals surface area contributed by atoms with E-state index in [1.807, 2.05) is 88.4 Å². The first-order chi connectivity index (χ1) is 45.7. The fourth-order valence-corrected chi connectivity index (χ4v) is 13.7. The lowest BCUT2D eigenvalue weighted by atomic mass is 9.79. The Bertz CT molecular complexity index is 3360. The zero-order valence-electron chi connectivity index (χ0n) is 54.9. The summed E-state index contributed by atoms with van der Waals surface area (Å²) in [6.07, 6.45) is -10.2. The van der Waals surface area contributed by atoms with Crippen LogP contribution in [0.3, 0.4) is 0 Å². The van der Waals surface area contributed by atoms with Gasteiger partial charge in [0.25, 0.3) is 0 Å². The summed E-state index contributed by atoms with van der Waals surface area (Å²) in [7, 11) is 1.34. The number of ether oxygens (including phenoxy) is 13. The van der Waals surface area contributed by atoms with Gasteiger partial charge in [0.1, 0.15) is 80.6 Å². The Hall–Kier alpha value is -7.82. The zero-order chi connectivity index (χ0) is 68.2. The molecule has 2 unspecified atom stereocenters. The standard InChI is InChI=1S/C67H85FN7O19P/c1-41(2)75(42(3)4)95(36-35-85-32-31-83-29-30-84-33-34-86-66-56(73-43(5)76)61(90-46(8)79)59(89-45(7)78)54(91-66)38-87-44(6)77)94-60-55(68)65(74-40-72-57-63(69)70-39-71-64(57)74)92-62(60)58(53(80)37-88-52-19-15-12-16-20-52)93-67(47-17-13-11-14-18-47,48-21-25-50(81-9)26-22-48)49-23-27-51(82-10)28-24-49/h11-28,39-42,54-56,58-62,65-66H,29-38H2,1-10H3,(H,73,76)(H2,69,70,71)/t54-,55-,56-,58?,59+,60+,61-,62-,65-,66-,95?/m1/s1. The molecular weight excluding hydrogens is 1260 g/mol. The minimum Gasteiger partial charge on any atom is -0.497 e. The Morgan fingerprint density at radius 3 is 1.79 bits per heavy atom. The highest BCUT2D eigenvalue weighted by Crippen LogP contribution is 2.52. The summed E-state index contributed by atoms with van der Waals surface area (Å²) in [4.78, 5) is 77.3. The van der Waals surface area contributed by atoms with Gasteiger partial charge in [-0.15, -0.1) is 0 Å². The van der Waals surface area contributed by atoms with Crippen molar-refractivity contribution in [3.63, 3.8) is 0 Å². The molecule has 26 nitrogen and oxygen atoms in total. The van der Waals surface area contributed by atoms with Crippen molar-refractivity contribution in [1.29, 1.82) is 0 Å². The maximum absolute atomic E-state index is 18.6. The number of carbonyl (C=O) groups is 5. The summed E-state index contributed by atoms with van der Waals surface area (Å²) in [6.45, 7) is 12.7. The molecule has 11 atom stereocenters. The van der Waals surface area contributed by atoms with Gasteiger partial charge in [-0.05, 0) is 80.8 Å². The van der Waals surface area contributed by atoms with E-state index in [4.69, 9.17) is 71.8 Å². The van der Waals surface area contributed by atoms with Gasteiger partial charge in [0.05, 0.1) is 66.8 Å². The molecule has 514 valence electrons. The molecule has 0 saturated carbocycles. The highest BCUT2D eigenvalue weighted by atomic mass is 31.2. The van der Waals surface area contributed by atoms with Crippen LogP contribution in [-0.4, -0.2) is 201 Å². The Morgan fingerprint density at radius 1 is 0.674 bits per heavy atom. The van der Waals surface area contributed by atoms with E-state index in [2.05, 4.69) is 24.9 Å². The maximum Gasteiger partial charge on any atom is 0.303 e. The van der Waals surface area contributed by atoms with Gasteiger partial charge in [0.15, 0.2) is 48.5 Å². The van der Waals surface area contributed by atoms with Gasteiger partial charge in [-0.3, -0.25) is 33.2 Å². The fourth-order valence-electron chi connectivity index (χ4n) is 11.4. The number of fused-ring (bicyclic) bond motifs is 1. The molecule has 0 bridgehead atoms. The first-order valence-electron chi connectivity index (χ1n) is 31.2. The second kappa shape index (κ2) is 35.3. The van der Waals surface area contributed by atoms with Crippen LogP contribution in [0.15, 0.2) is 122 Å². The topological polar surface area (TPSA) is 299 Å². The van der Waals surface area contributed by atoms with Crippen molar-refractivity contribution < 1.29 is 94.5 Å². The summed E-state index contributed by atoms with van der Waals surface area (Å²) >= 11 is 0. The summed E-state index contributed by atoms with van der Waals surface area (Å²) in [5, 5.41) is 2.66. The molecule has 8 rings (SSSR count). The molecule has 2 aliphatic heterocycles. The van der Waals surface area contributed by atoms with E-state index in [0.29, 0.717) is 33.9 Å². The van der Waals surface area contributed by atoms with Crippen LogP contribution in [0.2, 0.25) is 0 Å². The predicted octanol–water partition coefficient (Wildman–Crippen LogP) is 7.23. The fraction of sp³-hybridized carbons (Fsp3) is 0.493. The lowest BCUT2D eigenvalue weighted by molar-refractivity contribution is -0.279. The minimum absolute atomic E-state index is 0.0372. The van der Waals surface area contributed by atoms with Gasteiger partial charge < -0.3 is 77.2 Å². The van der Waals surface area contributed by atoms with E-state index in [1.165, 1.54) is 31.1 Å². The molecule has 6 aromatic rings. The first-order valence-corrected chi connectivity index (χ1v) is 32.6. The number of ketones is 1. The predicted molar refractivity (Wildman–Crippen MR) is 344 cm³/mol. The molecule has 1 amide bonds. The second-order valence-corrected chi connectivity index (χ2v) is 24.6. The zero-order valence-corrected chi connectivity index (χ0v) is 55.8. The molecule has 0 aliphatic carbocycles. The molecule has 0 radical (unpaired) electrons. The molecule has 4 heterocycles. The maximum atomic E-state index is 18.6. The number of hydrogen-bond acceptors (Lipinski definition) is 24. The third kappa shape index (κ3) is 19.0. The SMILES string of the molecule is COc1ccc(C(OC(C(=O)COc2ccccc2)[C@H]2O[C@@H](n3cnc4c(N)ncnc43)[C@H](F)[C@@H]2OP(CCOCCOCCOCCO[C@@H]2O[C@H](COC(C)=O)[C@H](OC(C)=O)[C@H](OC(C)=O)[C@H]2NC(C)=O)N(C(C)C)C(C)C)(c2ccccc2)c2ccc(OC)cc2)cc1. The number of esters is 3. The van der Waals surface area contributed by atoms with Crippen molar-refractivity contribution >= 4 is 54.9 Å². The van der Waals surface area contributed by atoms with E-state index in [0.717, 1.165) is 13.8 Å². The van der Waals surface area contributed by atoms with Crippen molar-refractivity contribution in [3.05, 3.63) is 139 Å². The number of imidazole rings is 1. The number of rotatable bonds is 36. The van der Waals surface area contributed by atoms with Crippen LogP contribution in [0, 0.1) is 0 Å². The number of carbonyl (C=O) groups excluding carboxylic acids is 5. The van der Waals surface area contributed by atoms with Crippen LogP contribution in [0.25, 0.3) is 11.2 Å². The monoisotopic (exact) mass is 1340 g/mol. The van der Waals surface area contributed by atoms with Gasteiger partial charge in [-0.2, -0.15) is 0 Å². The van der Waals surface area contributed by atoms with E-state index < -0.39 is 111 Å². The number of nitrogens with one attached hydrogen (secondary N) is 1. The molecule has 2 aliphatic rings. The molecule has 2 aromatic heterocycles. The number of alkyl halides is 1. The molecular formula is C67H85FN7O19P. The molecule has 2 saturated heterocycles. The molecule has 0 spiro atoms. The summed E-state index contributed by atoms with van der Waals surface area (Å²) in [5.41, 5.74) is 6.87. The number of nitrogens with two attached hydrogens (primary N) is 1. The summed E-state index contributed by atoms with van der Waals surface area (Å²) in [6, 6.07) is 31.5. The average Bonchev–Trinajstić information content (AvgIpc) is 1.72. The third-order valence-corrected chi connectivity index (χ3v) is 17.9. The van der Waals surface area contributed by atoms with Crippen LogP contribution < -0.4 is 25.3 Å². The highest BCUT2D eigenvalue weighted by Gasteiger charge is 2.57. The van der Waals surface area contributed by atoms with E-state index in [-0.39, 0.29) is 88.1 Å². The Balaban J connectivity index is 1.02. The van der Waals surface area contributed by atoms with Crippen molar-refractivity contribution in [2.75, 3.05) is 85.6 Å². The van der Waals surface area contributed by atoms with Gasteiger partial charge in [-0.25, -0.2) is 19.3 Å². The Morgan fingerprint density at radius 2 is 1.23 bits per heavy atom. The highest BCUT2D eigenvalue weighted by molar-refractivity contribution is 7.50. The normalized spacial score (nSPS) is 21.1. The van der Waals surface area contributed by atoms with Crippen molar-refractivity contribution in [2.45, 2.75) is 134 Å². The van der Waals surface area contributed by atoms with E-state index >= 15 is 9.18 Å². The van der Waals surface area contributed by atoms with Crippen LogP contribution in [0.4, 0.5) is 10.2 Å². The van der Waals surface area contributed by atoms with Crippen LogP contribution in [-0.2, 0) is 81.5 Å². The number of amides is 1. The largest absolute Gasteiger partial charge is 0.497 e. The van der Waals surface area contributed by atoms with Crippen LogP contribution >= 0.6 is 8.30 Å². The smallest absolute Gasteiger partial charge is 0.303 e. The van der Waals surface area contributed by atoms with Crippen molar-refractivity contribution in [1.82, 2.24) is 29.5 Å². The Labute approximate surface area is 552 Å². The number of anilines is 1. The summed E-state index contributed by atoms with van der Waals surface area (Å²) in [5.74, 6) is -1.60. The Kier molecular flexibility index (Phi) is 27.1. The molecule has 4 aromatic carbocycles. The number of halogens is 1. The third-order valence-electron chi connectivity index (χ3n) is 15.4. The number of hydrogen-bond donors (Lipinski definition) is 2. The van der Waals surface area contributed by atoms with E-state index in [1.54, 1.807) is 62.8 Å². The van der Waals surface area contributed by atoms with Crippen molar-refractivity contribution in [2.24, 2.45) is 0 Å². The number of nitrogen functional groups attached to an aromatic ring is 1. The van der Waals surface area contributed by atoms with Gasteiger partial charge in [0.2, 0.25) is 11.7 Å². The number of nitrogens with zero attached hydrogens (tertiary/aromatic N) is 5. The van der Waals surface area contributed by atoms with Crippen LogP contribution in [0.1, 0.15) is 78.3 Å². The van der Waals surface area contributed by atoms with Crippen LogP contribution in [0.5, 0.6) is 17.2 Å². The number of aromatic nitrogens is 4. The molecule has 95 heavy (non-hydrogen) atoms. The minimum atomic E-state index is -2.00. The van der Waals surface area contributed by atoms with Gasteiger partial charge in [-0.1, -0.05) is 72.8 Å². The molecule has 2 fully saturated rings. The second-order valence-electron chi connectivity index (χ2n) is 22.8.